The van der Waals surface area contributed by atoms with E-state index in [-0.39, 0.29) is 16.9 Å². The highest BCUT2D eigenvalue weighted by Crippen LogP contribution is 2.28. The molecule has 3 aromatic rings. The lowest BCUT2D eigenvalue weighted by Gasteiger charge is -2.36. The van der Waals surface area contributed by atoms with Crippen LogP contribution < -0.4 is 20.3 Å². The Labute approximate surface area is 198 Å². The van der Waals surface area contributed by atoms with Gasteiger partial charge >= 0.3 is 0 Å². The molecule has 1 aliphatic rings. The number of thiocarbonyl (C=S) groups is 1. The van der Waals surface area contributed by atoms with E-state index in [1.807, 2.05) is 59.5 Å². The van der Waals surface area contributed by atoms with Crippen molar-refractivity contribution in [2.24, 2.45) is 0 Å². The average Bonchev–Trinajstić information content (AvgIpc) is 2.83. The smallest absolute Gasteiger partial charge is 0.261 e. The maximum Gasteiger partial charge on any atom is 0.261 e. The number of benzene rings is 3. The Hall–Kier alpha value is -3.65. The standard InChI is InChI=1S/C25H26N4O3S/c1-17(30)28-11-13-29(14-12-28)22-10-6-5-9-21(22)26-25(33)27-24(31)20-15-18-7-3-4-8-19(18)16-23(20)32-2/h3-10,15-16H,11-14H2,1-2H3,(H2,26,27,31,33). The van der Waals surface area contributed by atoms with Crippen LogP contribution in [0.15, 0.2) is 60.7 Å². The number of piperazine rings is 1. The molecule has 2 N–H and O–H groups in total. The fraction of sp³-hybridized carbons (Fsp3) is 0.240. The second kappa shape index (κ2) is 9.87. The van der Waals surface area contributed by atoms with Gasteiger partial charge in [-0.3, -0.25) is 14.9 Å². The zero-order chi connectivity index (χ0) is 23.4. The number of para-hydroxylation sites is 2. The van der Waals surface area contributed by atoms with E-state index in [9.17, 15) is 9.59 Å². The molecular weight excluding hydrogens is 436 g/mol. The van der Waals surface area contributed by atoms with Crippen molar-refractivity contribution in [3.05, 3.63) is 66.2 Å². The number of hydrogen-bond donors (Lipinski definition) is 2. The van der Waals surface area contributed by atoms with Crippen LogP contribution in [0.1, 0.15) is 17.3 Å². The van der Waals surface area contributed by atoms with Crippen molar-refractivity contribution in [1.29, 1.82) is 0 Å². The molecule has 0 unspecified atom stereocenters. The Morgan fingerprint density at radius 2 is 1.58 bits per heavy atom. The van der Waals surface area contributed by atoms with E-state index in [1.165, 1.54) is 0 Å². The van der Waals surface area contributed by atoms with E-state index in [0.29, 0.717) is 24.4 Å². The Bertz CT molecular complexity index is 1210. The summed E-state index contributed by atoms with van der Waals surface area (Å²) in [5, 5.41) is 8.05. The normalized spacial score (nSPS) is 13.5. The molecule has 4 rings (SSSR count). The van der Waals surface area contributed by atoms with Gasteiger partial charge in [-0.25, -0.2) is 0 Å². The molecule has 2 amide bonds. The van der Waals surface area contributed by atoms with Crippen molar-refractivity contribution in [1.82, 2.24) is 10.2 Å². The fourth-order valence-corrected chi connectivity index (χ4v) is 4.21. The molecule has 0 spiro atoms. The molecule has 33 heavy (non-hydrogen) atoms. The van der Waals surface area contributed by atoms with Gasteiger partial charge in [-0.2, -0.15) is 0 Å². The van der Waals surface area contributed by atoms with E-state index in [1.54, 1.807) is 20.1 Å². The van der Waals surface area contributed by atoms with Gasteiger partial charge in [0.25, 0.3) is 5.91 Å². The number of rotatable bonds is 4. The van der Waals surface area contributed by atoms with Gasteiger partial charge in [0.15, 0.2) is 5.11 Å². The SMILES string of the molecule is COc1cc2ccccc2cc1C(=O)NC(=S)Nc1ccccc1N1CCN(C(C)=O)CC1. The summed E-state index contributed by atoms with van der Waals surface area (Å²) in [5.74, 6) is 0.231. The molecule has 8 heteroatoms. The first-order valence-corrected chi connectivity index (χ1v) is 11.2. The number of ether oxygens (including phenoxy) is 1. The summed E-state index contributed by atoms with van der Waals surface area (Å²) in [6.45, 7) is 4.40. The van der Waals surface area contributed by atoms with Gasteiger partial charge in [0.05, 0.1) is 24.0 Å². The fourth-order valence-electron chi connectivity index (χ4n) is 4.01. The highest BCUT2D eigenvalue weighted by molar-refractivity contribution is 7.80. The zero-order valence-electron chi connectivity index (χ0n) is 18.6. The second-order valence-electron chi connectivity index (χ2n) is 7.82. The molecule has 1 heterocycles. The zero-order valence-corrected chi connectivity index (χ0v) is 19.4. The monoisotopic (exact) mass is 462 g/mol. The van der Waals surface area contributed by atoms with Gasteiger partial charge in [0.2, 0.25) is 5.91 Å². The third kappa shape index (κ3) is 5.06. The number of hydrogen-bond acceptors (Lipinski definition) is 5. The predicted molar refractivity (Wildman–Crippen MR) is 135 cm³/mol. The molecular formula is C25H26N4O3S. The summed E-state index contributed by atoms with van der Waals surface area (Å²) in [5.41, 5.74) is 2.18. The van der Waals surface area contributed by atoms with Crippen molar-refractivity contribution in [3.63, 3.8) is 0 Å². The average molecular weight is 463 g/mol. The van der Waals surface area contributed by atoms with Gasteiger partial charge in [-0.15, -0.1) is 0 Å². The van der Waals surface area contributed by atoms with Crippen LogP contribution in [-0.2, 0) is 4.79 Å². The number of nitrogens with zero attached hydrogens (tertiary/aromatic N) is 2. The summed E-state index contributed by atoms with van der Waals surface area (Å²) in [7, 11) is 1.54. The van der Waals surface area contributed by atoms with Crippen LogP contribution in [0.25, 0.3) is 10.8 Å². The van der Waals surface area contributed by atoms with Crippen LogP contribution in [0, 0.1) is 0 Å². The van der Waals surface area contributed by atoms with Crippen LogP contribution in [-0.4, -0.2) is 55.1 Å². The van der Waals surface area contributed by atoms with Gasteiger partial charge in [0, 0.05) is 33.1 Å². The van der Waals surface area contributed by atoms with Gasteiger partial charge in [0.1, 0.15) is 5.75 Å². The van der Waals surface area contributed by atoms with Crippen LogP contribution in [0.5, 0.6) is 5.75 Å². The first kappa shape index (κ1) is 22.5. The molecule has 0 aromatic heterocycles. The summed E-state index contributed by atoms with van der Waals surface area (Å²) in [4.78, 5) is 28.7. The van der Waals surface area contributed by atoms with Crippen LogP contribution in [0.3, 0.4) is 0 Å². The minimum absolute atomic E-state index is 0.0917. The number of carbonyl (C=O) groups is 2. The van der Waals surface area contributed by atoms with E-state index in [2.05, 4.69) is 15.5 Å². The predicted octanol–water partition coefficient (Wildman–Crippen LogP) is 3.64. The number of nitrogens with one attached hydrogen (secondary N) is 2. The Kier molecular flexibility index (Phi) is 6.74. The van der Waals surface area contributed by atoms with E-state index in [0.717, 1.165) is 35.2 Å². The first-order chi connectivity index (χ1) is 16.0. The molecule has 7 nitrogen and oxygen atoms in total. The van der Waals surface area contributed by atoms with Crippen molar-refractivity contribution in [2.75, 3.05) is 43.5 Å². The quantitative estimate of drug-likeness (QED) is 0.577. The van der Waals surface area contributed by atoms with E-state index in [4.69, 9.17) is 17.0 Å². The van der Waals surface area contributed by atoms with Crippen molar-refractivity contribution >= 4 is 51.3 Å². The van der Waals surface area contributed by atoms with Crippen LogP contribution >= 0.6 is 12.2 Å². The largest absolute Gasteiger partial charge is 0.496 e. The molecule has 1 aliphatic heterocycles. The lowest BCUT2D eigenvalue weighted by Crippen LogP contribution is -2.48. The topological polar surface area (TPSA) is 73.9 Å². The van der Waals surface area contributed by atoms with Gasteiger partial charge in [-0.1, -0.05) is 36.4 Å². The van der Waals surface area contributed by atoms with E-state index >= 15 is 0 Å². The van der Waals surface area contributed by atoms with Crippen LogP contribution in [0.2, 0.25) is 0 Å². The summed E-state index contributed by atoms with van der Waals surface area (Å²) >= 11 is 5.45. The highest BCUT2D eigenvalue weighted by atomic mass is 32.1. The molecule has 1 fully saturated rings. The van der Waals surface area contributed by atoms with Crippen molar-refractivity contribution in [3.8, 4) is 5.75 Å². The Morgan fingerprint density at radius 3 is 2.24 bits per heavy atom. The summed E-state index contributed by atoms with van der Waals surface area (Å²) in [6.07, 6.45) is 0. The molecule has 170 valence electrons. The number of amides is 2. The maximum atomic E-state index is 13.0. The minimum Gasteiger partial charge on any atom is -0.496 e. The number of methoxy groups -OCH3 is 1. The maximum absolute atomic E-state index is 13.0. The Balaban J connectivity index is 1.47. The second-order valence-corrected chi connectivity index (χ2v) is 8.23. The first-order valence-electron chi connectivity index (χ1n) is 10.7. The van der Waals surface area contributed by atoms with Crippen LogP contribution in [0.4, 0.5) is 11.4 Å². The third-order valence-corrected chi connectivity index (χ3v) is 5.96. The van der Waals surface area contributed by atoms with Crippen molar-refractivity contribution in [2.45, 2.75) is 6.92 Å². The lowest BCUT2D eigenvalue weighted by atomic mass is 10.1. The molecule has 0 bridgehead atoms. The number of anilines is 2. The highest BCUT2D eigenvalue weighted by Gasteiger charge is 2.21. The van der Waals surface area contributed by atoms with Crippen molar-refractivity contribution < 1.29 is 14.3 Å². The molecule has 1 saturated heterocycles. The number of fused-ring (bicyclic) bond motifs is 1. The van der Waals surface area contributed by atoms with Gasteiger partial charge in [-0.05, 0) is 47.3 Å². The lowest BCUT2D eigenvalue weighted by molar-refractivity contribution is -0.129. The van der Waals surface area contributed by atoms with Gasteiger partial charge < -0.3 is 19.9 Å². The number of carbonyl (C=O) groups excluding carboxylic acids is 2. The third-order valence-electron chi connectivity index (χ3n) is 5.76. The molecule has 0 saturated carbocycles. The molecule has 3 aromatic carbocycles. The molecule has 0 radical (unpaired) electrons. The van der Waals surface area contributed by atoms with E-state index < -0.39 is 0 Å². The molecule has 0 aliphatic carbocycles. The summed E-state index contributed by atoms with van der Waals surface area (Å²) < 4.78 is 5.44. The minimum atomic E-state index is -0.345. The Morgan fingerprint density at radius 1 is 0.939 bits per heavy atom. The summed E-state index contributed by atoms with van der Waals surface area (Å²) in [6, 6.07) is 19.2. The molecule has 0 atom stereocenters.